The van der Waals surface area contributed by atoms with Crippen LogP contribution in [0.25, 0.3) is 0 Å². The van der Waals surface area contributed by atoms with Gasteiger partial charge in [0.05, 0.1) is 6.10 Å². The number of aliphatic imine (C=N–C) groups is 1. The quantitative estimate of drug-likeness (QED) is 0.849. The lowest BCUT2D eigenvalue weighted by atomic mass is 9.96. The molecule has 3 aliphatic carbocycles. The first kappa shape index (κ1) is 13.1. The van der Waals surface area contributed by atoms with E-state index < -0.39 is 0 Å². The summed E-state index contributed by atoms with van der Waals surface area (Å²) in [6, 6.07) is 0.558. The van der Waals surface area contributed by atoms with Gasteiger partial charge in [0.25, 0.3) is 5.91 Å². The zero-order chi connectivity index (χ0) is 13.7. The van der Waals surface area contributed by atoms with Crippen molar-refractivity contribution in [1.29, 1.82) is 0 Å². The normalized spacial score (nSPS) is 46.5. The number of amidine groups is 1. The van der Waals surface area contributed by atoms with E-state index in [9.17, 15) is 4.79 Å². The van der Waals surface area contributed by atoms with Crippen LogP contribution in [0.15, 0.2) is 4.99 Å². The van der Waals surface area contributed by atoms with Crippen LogP contribution in [-0.4, -0.2) is 35.1 Å². The fourth-order valence-electron chi connectivity index (χ4n) is 4.54. The fraction of sp³-hybridized carbons (Fsp3) is 0.867. The molecule has 0 aromatic rings. The van der Waals surface area contributed by atoms with Gasteiger partial charge in [0, 0.05) is 13.2 Å². The molecule has 5 heteroatoms. The molecular formula is C15H22N2O2S. The second kappa shape index (κ2) is 4.73. The van der Waals surface area contributed by atoms with E-state index in [1.807, 2.05) is 0 Å². The second-order valence-electron chi connectivity index (χ2n) is 6.84. The third-order valence-electron chi connectivity index (χ3n) is 5.69. The van der Waals surface area contributed by atoms with Gasteiger partial charge < -0.3 is 10.1 Å². The third kappa shape index (κ3) is 2.01. The Morgan fingerprint density at radius 2 is 2.25 bits per heavy atom. The van der Waals surface area contributed by atoms with Crippen LogP contribution in [0.3, 0.4) is 0 Å². The molecular weight excluding hydrogens is 272 g/mol. The lowest BCUT2D eigenvalue weighted by Crippen LogP contribution is -2.37. The number of hydrogen-bond acceptors (Lipinski definition) is 4. The van der Waals surface area contributed by atoms with Crippen LogP contribution in [0.5, 0.6) is 0 Å². The van der Waals surface area contributed by atoms with E-state index in [2.05, 4.69) is 10.3 Å². The van der Waals surface area contributed by atoms with Crippen LogP contribution in [-0.2, 0) is 9.53 Å². The minimum absolute atomic E-state index is 0.0627. The highest BCUT2D eigenvalue weighted by molar-refractivity contribution is 8.16. The Kier molecular flexibility index (Phi) is 3.11. The van der Waals surface area contributed by atoms with Gasteiger partial charge in [0.1, 0.15) is 4.75 Å². The molecule has 5 atom stereocenters. The summed E-state index contributed by atoms with van der Waals surface area (Å²) in [6.45, 7) is 0. The number of carbonyl (C=O) groups excluding carboxylic acids is 1. The molecule has 0 radical (unpaired) electrons. The summed E-state index contributed by atoms with van der Waals surface area (Å²) in [5.74, 6) is 1.79. The van der Waals surface area contributed by atoms with Gasteiger partial charge in [-0.15, -0.1) is 0 Å². The van der Waals surface area contributed by atoms with Gasteiger partial charge in [0.2, 0.25) is 0 Å². The topological polar surface area (TPSA) is 50.7 Å². The number of fused-ring (bicyclic) bond motifs is 2. The summed E-state index contributed by atoms with van der Waals surface area (Å²) >= 11 is 1.67. The molecule has 4 nitrogen and oxygen atoms in total. The molecule has 0 aromatic heterocycles. The lowest BCUT2D eigenvalue weighted by Gasteiger charge is -2.24. The van der Waals surface area contributed by atoms with Gasteiger partial charge in [-0.05, 0) is 50.4 Å². The zero-order valence-corrected chi connectivity index (χ0v) is 12.7. The van der Waals surface area contributed by atoms with E-state index in [0.717, 1.165) is 36.3 Å². The minimum Gasteiger partial charge on any atom is -0.381 e. The second-order valence-corrected chi connectivity index (χ2v) is 8.22. The van der Waals surface area contributed by atoms with E-state index in [1.165, 1.54) is 25.7 Å². The summed E-state index contributed by atoms with van der Waals surface area (Å²) in [4.78, 5) is 16.6. The van der Waals surface area contributed by atoms with Gasteiger partial charge in [-0.1, -0.05) is 18.2 Å². The third-order valence-corrected chi connectivity index (χ3v) is 7.03. The van der Waals surface area contributed by atoms with Gasteiger partial charge in [0.15, 0.2) is 5.17 Å². The van der Waals surface area contributed by atoms with Gasteiger partial charge in [-0.2, -0.15) is 4.99 Å². The fourth-order valence-corrected chi connectivity index (χ4v) is 5.87. The van der Waals surface area contributed by atoms with Crippen LogP contribution in [0.4, 0.5) is 0 Å². The molecule has 1 amide bonds. The van der Waals surface area contributed by atoms with Crippen LogP contribution in [0.1, 0.15) is 44.9 Å². The highest BCUT2D eigenvalue weighted by atomic mass is 32.2. The molecule has 110 valence electrons. The average molecular weight is 294 g/mol. The monoisotopic (exact) mass is 294 g/mol. The van der Waals surface area contributed by atoms with Gasteiger partial charge >= 0.3 is 0 Å². The number of amides is 1. The van der Waals surface area contributed by atoms with Gasteiger partial charge in [-0.25, -0.2) is 0 Å². The van der Waals surface area contributed by atoms with Crippen molar-refractivity contribution in [2.75, 3.05) is 7.11 Å². The molecule has 4 aliphatic rings. The van der Waals surface area contributed by atoms with Crippen molar-refractivity contribution < 1.29 is 9.53 Å². The summed E-state index contributed by atoms with van der Waals surface area (Å²) < 4.78 is 5.10. The molecule has 3 fully saturated rings. The van der Waals surface area contributed by atoms with Crippen molar-refractivity contribution in [3.63, 3.8) is 0 Å². The summed E-state index contributed by atoms with van der Waals surface area (Å²) in [6.07, 6.45) is 8.33. The molecule has 20 heavy (non-hydrogen) atoms. The first-order valence-electron chi connectivity index (χ1n) is 7.80. The van der Waals surface area contributed by atoms with E-state index in [4.69, 9.17) is 4.74 Å². The number of ether oxygens (including phenoxy) is 1. The molecule has 1 aliphatic heterocycles. The molecule has 3 saturated carbocycles. The molecule has 2 bridgehead atoms. The Hall–Kier alpha value is -0.550. The number of nitrogens with zero attached hydrogens (tertiary/aromatic N) is 1. The minimum atomic E-state index is -0.319. The Morgan fingerprint density at radius 1 is 1.35 bits per heavy atom. The number of nitrogens with one attached hydrogen (secondary N) is 1. The number of methoxy groups -OCH3 is 1. The van der Waals surface area contributed by atoms with Gasteiger partial charge in [-0.3, -0.25) is 4.79 Å². The number of thioether (sulfide) groups is 1. The van der Waals surface area contributed by atoms with Crippen LogP contribution in [0, 0.1) is 11.8 Å². The van der Waals surface area contributed by atoms with Crippen molar-refractivity contribution in [3.8, 4) is 0 Å². The first-order valence-corrected chi connectivity index (χ1v) is 8.62. The Bertz CT molecular complexity index is 467. The standard InChI is InChI=1S/C15H22N2O2S/c1-19-11-4-5-15(8-11)13(18)17-14(20-15)16-12-7-9-2-3-10(12)6-9/h9-12H,2-8H2,1H3,(H,16,17,18)/t9-,10-,11?,12-,15?/m0/s1. The van der Waals surface area contributed by atoms with E-state index >= 15 is 0 Å². The van der Waals surface area contributed by atoms with Crippen molar-refractivity contribution in [3.05, 3.63) is 0 Å². The summed E-state index contributed by atoms with van der Waals surface area (Å²) in [7, 11) is 1.74. The smallest absolute Gasteiger partial charge is 0.264 e. The summed E-state index contributed by atoms with van der Waals surface area (Å²) in [5.41, 5.74) is 0. The largest absolute Gasteiger partial charge is 0.381 e. The maximum atomic E-state index is 12.3. The Balaban J connectivity index is 1.41. The molecule has 4 rings (SSSR count). The van der Waals surface area contributed by atoms with E-state index in [-0.39, 0.29) is 16.8 Å². The van der Waals surface area contributed by atoms with Crippen LogP contribution in [0.2, 0.25) is 0 Å². The molecule has 1 heterocycles. The first-order chi connectivity index (χ1) is 9.68. The zero-order valence-electron chi connectivity index (χ0n) is 11.9. The van der Waals surface area contributed by atoms with Crippen molar-refractivity contribution in [2.45, 2.75) is 61.8 Å². The van der Waals surface area contributed by atoms with Crippen molar-refractivity contribution in [2.24, 2.45) is 16.8 Å². The predicted octanol–water partition coefficient (Wildman–Crippen LogP) is 2.33. The van der Waals surface area contributed by atoms with Crippen molar-refractivity contribution >= 4 is 22.8 Å². The summed E-state index contributed by atoms with van der Waals surface area (Å²) in [5, 5.41) is 4.45. The van der Waals surface area contributed by atoms with Crippen LogP contribution < -0.4 is 5.32 Å². The highest BCUT2D eigenvalue weighted by Crippen LogP contribution is 2.49. The Labute approximate surface area is 124 Å². The average Bonchev–Trinajstić information content (AvgIpc) is 3.16. The molecule has 1 N–H and O–H groups in total. The number of hydrogen-bond donors (Lipinski definition) is 1. The Morgan fingerprint density at radius 3 is 2.90 bits per heavy atom. The molecule has 1 spiro atoms. The molecule has 0 aromatic carbocycles. The maximum Gasteiger partial charge on any atom is 0.264 e. The number of carbonyl (C=O) groups is 1. The number of rotatable bonds is 2. The molecule has 0 saturated heterocycles. The van der Waals surface area contributed by atoms with E-state index in [1.54, 1.807) is 18.9 Å². The van der Waals surface area contributed by atoms with Crippen molar-refractivity contribution in [1.82, 2.24) is 5.32 Å². The maximum absolute atomic E-state index is 12.3. The van der Waals surface area contributed by atoms with Crippen LogP contribution >= 0.6 is 11.8 Å². The highest BCUT2D eigenvalue weighted by Gasteiger charge is 2.51. The lowest BCUT2D eigenvalue weighted by molar-refractivity contribution is -0.119. The van der Waals surface area contributed by atoms with E-state index in [0.29, 0.717) is 6.04 Å². The SMILES string of the molecule is COC1CCC2(C1)SC(N[C@H]1C[C@H]3CC[C@H]1C3)=NC2=O. The molecule has 2 unspecified atom stereocenters. The predicted molar refractivity (Wildman–Crippen MR) is 79.8 cm³/mol.